The second-order valence-electron chi connectivity index (χ2n) is 7.53. The van der Waals surface area contributed by atoms with Crippen LogP contribution in [0.1, 0.15) is 36.2 Å². The summed E-state index contributed by atoms with van der Waals surface area (Å²) >= 11 is 0. The Hall–Kier alpha value is -3.09. The van der Waals surface area contributed by atoms with Crippen LogP contribution in [-0.4, -0.2) is 55.0 Å². The monoisotopic (exact) mass is 410 g/mol. The molecule has 2 amide bonds. The fourth-order valence-electron chi connectivity index (χ4n) is 3.47. The largest absolute Gasteiger partial charge is 0.497 e. The lowest BCUT2D eigenvalue weighted by atomic mass is 10.1. The molecule has 1 N–H and O–H groups in total. The van der Waals surface area contributed by atoms with Gasteiger partial charge in [-0.15, -0.1) is 0 Å². The zero-order valence-corrected chi connectivity index (χ0v) is 17.9. The van der Waals surface area contributed by atoms with Gasteiger partial charge in [0, 0.05) is 44.8 Å². The van der Waals surface area contributed by atoms with E-state index in [-0.39, 0.29) is 17.7 Å². The van der Waals surface area contributed by atoms with Crippen molar-refractivity contribution in [2.24, 2.45) is 5.92 Å². The summed E-state index contributed by atoms with van der Waals surface area (Å²) in [6.45, 7) is 7.05. The number of rotatable bonds is 7. The molecule has 0 radical (unpaired) electrons. The van der Waals surface area contributed by atoms with E-state index in [1.807, 2.05) is 43.0 Å². The minimum absolute atomic E-state index is 0.0469. The molecule has 1 aromatic heterocycles. The van der Waals surface area contributed by atoms with Crippen LogP contribution in [0.3, 0.4) is 0 Å². The van der Waals surface area contributed by atoms with Crippen LogP contribution in [0.25, 0.3) is 0 Å². The van der Waals surface area contributed by atoms with E-state index in [2.05, 4.69) is 15.2 Å². The van der Waals surface area contributed by atoms with Gasteiger partial charge in [-0.05, 0) is 36.2 Å². The number of pyridine rings is 1. The van der Waals surface area contributed by atoms with Crippen LogP contribution in [0.2, 0.25) is 0 Å². The zero-order chi connectivity index (χ0) is 21.5. The average molecular weight is 411 g/mol. The van der Waals surface area contributed by atoms with Crippen molar-refractivity contribution in [2.75, 3.05) is 38.2 Å². The van der Waals surface area contributed by atoms with Gasteiger partial charge in [-0.1, -0.05) is 26.0 Å². The summed E-state index contributed by atoms with van der Waals surface area (Å²) in [6, 6.07) is 11.2. The molecule has 7 heteroatoms. The first-order chi connectivity index (χ1) is 14.5. The Morgan fingerprint density at radius 3 is 2.47 bits per heavy atom. The molecule has 7 nitrogen and oxygen atoms in total. The highest BCUT2D eigenvalue weighted by atomic mass is 16.5. The minimum Gasteiger partial charge on any atom is -0.497 e. The second kappa shape index (κ2) is 10.1. The molecule has 1 fully saturated rings. The standard InChI is InChI=1S/C23H30N4O3/c1-4-17(2)23(29)27-14-12-26(13-15-27)21-20(6-5-11-24-21)22(28)25-16-18-7-9-19(30-3)10-8-18/h5-11,17H,4,12-16H2,1-3H3,(H,25,28)/t17-/m0/s1. The number of aromatic nitrogens is 1. The molecule has 1 saturated heterocycles. The number of amides is 2. The summed E-state index contributed by atoms with van der Waals surface area (Å²) in [6.07, 6.45) is 2.55. The number of methoxy groups -OCH3 is 1. The Morgan fingerprint density at radius 2 is 1.83 bits per heavy atom. The quantitative estimate of drug-likeness (QED) is 0.760. The predicted molar refractivity (Wildman–Crippen MR) is 117 cm³/mol. The third-order valence-corrected chi connectivity index (χ3v) is 5.57. The molecule has 30 heavy (non-hydrogen) atoms. The molecule has 1 atom stereocenters. The maximum absolute atomic E-state index is 12.8. The summed E-state index contributed by atoms with van der Waals surface area (Å²) in [7, 11) is 1.63. The molecule has 0 saturated carbocycles. The van der Waals surface area contributed by atoms with E-state index in [0.717, 1.165) is 17.7 Å². The van der Waals surface area contributed by atoms with Crippen LogP contribution in [0.5, 0.6) is 5.75 Å². The number of piperazine rings is 1. The summed E-state index contributed by atoms with van der Waals surface area (Å²) in [5.41, 5.74) is 1.54. The van der Waals surface area contributed by atoms with Gasteiger partial charge in [0.2, 0.25) is 5.91 Å². The summed E-state index contributed by atoms with van der Waals surface area (Å²) < 4.78 is 5.16. The summed E-state index contributed by atoms with van der Waals surface area (Å²) in [5, 5.41) is 2.97. The fraction of sp³-hybridized carbons (Fsp3) is 0.435. The number of nitrogens with one attached hydrogen (secondary N) is 1. The smallest absolute Gasteiger partial charge is 0.255 e. The molecule has 0 aliphatic carbocycles. The number of hydrogen-bond donors (Lipinski definition) is 1. The maximum atomic E-state index is 12.8. The molecule has 2 aromatic rings. The fourth-order valence-corrected chi connectivity index (χ4v) is 3.47. The van der Waals surface area contributed by atoms with E-state index < -0.39 is 0 Å². The molecule has 0 bridgehead atoms. The van der Waals surface area contributed by atoms with Gasteiger partial charge in [-0.3, -0.25) is 9.59 Å². The van der Waals surface area contributed by atoms with Gasteiger partial charge in [-0.2, -0.15) is 0 Å². The van der Waals surface area contributed by atoms with Crippen LogP contribution in [0, 0.1) is 5.92 Å². The maximum Gasteiger partial charge on any atom is 0.255 e. The number of ether oxygens (including phenoxy) is 1. The lowest BCUT2D eigenvalue weighted by Crippen LogP contribution is -2.50. The Labute approximate surface area is 178 Å². The van der Waals surface area contributed by atoms with Crippen LogP contribution in [-0.2, 0) is 11.3 Å². The van der Waals surface area contributed by atoms with Crippen LogP contribution in [0.4, 0.5) is 5.82 Å². The first-order valence-corrected chi connectivity index (χ1v) is 10.4. The van der Waals surface area contributed by atoms with Crippen molar-refractivity contribution >= 4 is 17.6 Å². The van der Waals surface area contributed by atoms with Crippen LogP contribution >= 0.6 is 0 Å². The molecular weight excluding hydrogens is 380 g/mol. The average Bonchev–Trinajstić information content (AvgIpc) is 2.82. The molecule has 0 spiro atoms. The van der Waals surface area contributed by atoms with Gasteiger partial charge in [-0.25, -0.2) is 4.98 Å². The molecule has 3 rings (SSSR count). The molecule has 0 unspecified atom stereocenters. The van der Waals surface area contributed by atoms with Gasteiger partial charge in [0.1, 0.15) is 11.6 Å². The number of benzene rings is 1. The van der Waals surface area contributed by atoms with Gasteiger partial charge in [0.05, 0.1) is 12.7 Å². The Balaban J connectivity index is 1.62. The van der Waals surface area contributed by atoms with Crippen LogP contribution < -0.4 is 15.0 Å². The summed E-state index contributed by atoms with van der Waals surface area (Å²) in [4.78, 5) is 33.7. The first-order valence-electron chi connectivity index (χ1n) is 10.4. The highest BCUT2D eigenvalue weighted by Crippen LogP contribution is 2.20. The topological polar surface area (TPSA) is 74.8 Å². The lowest BCUT2D eigenvalue weighted by molar-refractivity contribution is -0.135. The highest BCUT2D eigenvalue weighted by molar-refractivity contribution is 5.98. The third kappa shape index (κ3) is 5.09. The predicted octanol–water partition coefficient (Wildman–Crippen LogP) is 2.71. The van der Waals surface area contributed by atoms with E-state index in [1.165, 1.54) is 0 Å². The van der Waals surface area contributed by atoms with E-state index in [4.69, 9.17) is 4.74 Å². The van der Waals surface area contributed by atoms with E-state index in [1.54, 1.807) is 25.4 Å². The van der Waals surface area contributed by atoms with E-state index in [0.29, 0.717) is 44.1 Å². The van der Waals surface area contributed by atoms with Crippen molar-refractivity contribution in [2.45, 2.75) is 26.8 Å². The number of nitrogens with zero attached hydrogens (tertiary/aromatic N) is 3. The molecule has 2 heterocycles. The molecule has 1 aliphatic rings. The summed E-state index contributed by atoms with van der Waals surface area (Å²) in [5.74, 6) is 1.54. The molecule has 160 valence electrons. The van der Waals surface area contributed by atoms with Crippen molar-refractivity contribution in [3.63, 3.8) is 0 Å². The second-order valence-corrected chi connectivity index (χ2v) is 7.53. The van der Waals surface area contributed by atoms with Gasteiger partial charge < -0.3 is 19.9 Å². The Morgan fingerprint density at radius 1 is 1.13 bits per heavy atom. The first kappa shape index (κ1) is 21.6. The Kier molecular flexibility index (Phi) is 7.27. The van der Waals surface area contributed by atoms with Gasteiger partial charge in [0.15, 0.2) is 0 Å². The van der Waals surface area contributed by atoms with Crippen molar-refractivity contribution in [3.05, 3.63) is 53.7 Å². The molecule has 1 aromatic carbocycles. The SMILES string of the molecule is CC[C@H](C)C(=O)N1CCN(c2ncccc2C(=O)NCc2ccc(OC)cc2)CC1. The van der Waals surface area contributed by atoms with Crippen LogP contribution in [0.15, 0.2) is 42.6 Å². The highest BCUT2D eigenvalue weighted by Gasteiger charge is 2.26. The van der Waals surface area contributed by atoms with E-state index >= 15 is 0 Å². The molecular formula is C23H30N4O3. The normalized spacial score (nSPS) is 14.9. The van der Waals surface area contributed by atoms with Gasteiger partial charge in [0.25, 0.3) is 5.91 Å². The number of carbonyl (C=O) groups excluding carboxylic acids is 2. The van der Waals surface area contributed by atoms with Crippen molar-refractivity contribution < 1.29 is 14.3 Å². The Bertz CT molecular complexity index is 861. The number of carbonyl (C=O) groups is 2. The molecule has 1 aliphatic heterocycles. The van der Waals surface area contributed by atoms with E-state index in [9.17, 15) is 9.59 Å². The van der Waals surface area contributed by atoms with Crippen molar-refractivity contribution in [1.82, 2.24) is 15.2 Å². The number of hydrogen-bond acceptors (Lipinski definition) is 5. The third-order valence-electron chi connectivity index (χ3n) is 5.57. The lowest BCUT2D eigenvalue weighted by Gasteiger charge is -2.37. The minimum atomic E-state index is -0.160. The van der Waals surface area contributed by atoms with Gasteiger partial charge >= 0.3 is 0 Å². The zero-order valence-electron chi connectivity index (χ0n) is 17.9. The van der Waals surface area contributed by atoms with Crippen molar-refractivity contribution in [1.29, 1.82) is 0 Å². The van der Waals surface area contributed by atoms with Crippen molar-refractivity contribution in [3.8, 4) is 5.75 Å². The number of anilines is 1.